The maximum atomic E-state index is 5.98. The second kappa shape index (κ2) is 7.31. The van der Waals surface area contributed by atoms with E-state index < -0.39 is 0 Å². The van der Waals surface area contributed by atoms with E-state index in [0.717, 1.165) is 41.6 Å². The standard InChI is InChI=1S/C20H24N4OS/c1-13(17-11-24(3)9-10-25-17)21-19-18-16(15-7-5-4-6-8-15)12-26-20(18)23-14(2)22-19/h4-8,12-13,17H,9-11H2,1-3H3,(H,21,22,23). The maximum absolute atomic E-state index is 5.98. The molecule has 4 rings (SSSR count). The number of fused-ring (bicyclic) bond motifs is 1. The van der Waals surface area contributed by atoms with E-state index in [0.29, 0.717) is 0 Å². The maximum Gasteiger partial charge on any atom is 0.139 e. The van der Waals surface area contributed by atoms with E-state index >= 15 is 0 Å². The van der Waals surface area contributed by atoms with Crippen LogP contribution >= 0.6 is 11.3 Å². The molecule has 0 radical (unpaired) electrons. The Morgan fingerprint density at radius 1 is 1.27 bits per heavy atom. The van der Waals surface area contributed by atoms with Crippen molar-refractivity contribution in [1.29, 1.82) is 0 Å². The van der Waals surface area contributed by atoms with Crippen LogP contribution in [0, 0.1) is 6.92 Å². The Morgan fingerprint density at radius 2 is 2.08 bits per heavy atom. The van der Waals surface area contributed by atoms with Gasteiger partial charge in [-0.2, -0.15) is 0 Å². The van der Waals surface area contributed by atoms with E-state index in [9.17, 15) is 0 Å². The lowest BCUT2D eigenvalue weighted by atomic mass is 10.1. The molecule has 2 atom stereocenters. The van der Waals surface area contributed by atoms with E-state index in [1.807, 2.05) is 13.0 Å². The van der Waals surface area contributed by atoms with Crippen molar-refractivity contribution in [3.63, 3.8) is 0 Å². The monoisotopic (exact) mass is 368 g/mol. The quantitative estimate of drug-likeness (QED) is 0.759. The average molecular weight is 369 g/mol. The second-order valence-corrected chi connectivity index (χ2v) is 7.78. The molecule has 5 nitrogen and oxygen atoms in total. The molecular weight excluding hydrogens is 344 g/mol. The molecule has 26 heavy (non-hydrogen) atoms. The number of anilines is 1. The number of rotatable bonds is 4. The van der Waals surface area contributed by atoms with Gasteiger partial charge < -0.3 is 15.0 Å². The summed E-state index contributed by atoms with van der Waals surface area (Å²) in [5, 5.41) is 6.89. The fourth-order valence-electron chi connectivity index (χ4n) is 3.41. The van der Waals surface area contributed by atoms with Crippen molar-refractivity contribution in [3.8, 4) is 11.1 Å². The van der Waals surface area contributed by atoms with E-state index in [1.54, 1.807) is 11.3 Å². The molecule has 0 spiro atoms. The molecule has 0 bridgehead atoms. The number of morpholine rings is 1. The summed E-state index contributed by atoms with van der Waals surface area (Å²) in [6.07, 6.45) is 0.151. The van der Waals surface area contributed by atoms with E-state index in [4.69, 9.17) is 9.72 Å². The molecule has 3 aromatic rings. The predicted octanol–water partition coefficient (Wildman–Crippen LogP) is 3.80. The number of benzene rings is 1. The Labute approximate surface area is 158 Å². The number of thiophene rings is 1. The minimum absolute atomic E-state index is 0.151. The highest BCUT2D eigenvalue weighted by Crippen LogP contribution is 2.37. The zero-order valence-corrected chi connectivity index (χ0v) is 16.2. The SMILES string of the molecule is Cc1nc(NC(C)C2CN(C)CCO2)c2c(-c3ccccc3)csc2n1. The Kier molecular flexibility index (Phi) is 4.89. The third-order valence-corrected chi connectivity index (χ3v) is 5.72. The Balaban J connectivity index is 1.71. The van der Waals surface area contributed by atoms with Crippen LogP contribution in [0.4, 0.5) is 5.82 Å². The first-order chi connectivity index (χ1) is 12.6. The van der Waals surface area contributed by atoms with Gasteiger partial charge in [-0.15, -0.1) is 11.3 Å². The molecule has 6 heteroatoms. The third kappa shape index (κ3) is 3.45. The van der Waals surface area contributed by atoms with Crippen molar-refractivity contribution in [2.24, 2.45) is 0 Å². The van der Waals surface area contributed by atoms with E-state index in [1.165, 1.54) is 11.1 Å². The van der Waals surface area contributed by atoms with Crippen LogP contribution in [0.2, 0.25) is 0 Å². The van der Waals surface area contributed by atoms with Crippen LogP contribution in [0.5, 0.6) is 0 Å². The number of nitrogens with one attached hydrogen (secondary N) is 1. The van der Waals surface area contributed by atoms with Crippen molar-refractivity contribution in [1.82, 2.24) is 14.9 Å². The highest BCUT2D eigenvalue weighted by molar-refractivity contribution is 7.17. The van der Waals surface area contributed by atoms with Crippen molar-refractivity contribution in [3.05, 3.63) is 41.5 Å². The minimum atomic E-state index is 0.151. The first kappa shape index (κ1) is 17.4. The van der Waals surface area contributed by atoms with Crippen LogP contribution < -0.4 is 5.32 Å². The van der Waals surface area contributed by atoms with Gasteiger partial charge in [0.15, 0.2) is 0 Å². The first-order valence-corrected chi connectivity index (χ1v) is 9.87. The summed E-state index contributed by atoms with van der Waals surface area (Å²) < 4.78 is 5.98. The van der Waals surface area contributed by atoms with Crippen molar-refractivity contribution in [2.75, 3.05) is 32.1 Å². The van der Waals surface area contributed by atoms with Crippen LogP contribution in [0.25, 0.3) is 21.3 Å². The fourth-order valence-corrected chi connectivity index (χ4v) is 4.40. The summed E-state index contributed by atoms with van der Waals surface area (Å²) in [6.45, 7) is 6.81. The molecule has 1 fully saturated rings. The van der Waals surface area contributed by atoms with Crippen molar-refractivity contribution >= 4 is 27.4 Å². The van der Waals surface area contributed by atoms with Gasteiger partial charge >= 0.3 is 0 Å². The molecule has 1 aliphatic heterocycles. The summed E-state index contributed by atoms with van der Waals surface area (Å²) in [4.78, 5) is 12.7. The molecule has 136 valence electrons. The Bertz CT molecular complexity index is 895. The van der Waals surface area contributed by atoms with Crippen LogP contribution in [-0.2, 0) is 4.74 Å². The number of aryl methyl sites for hydroxylation is 1. The van der Waals surface area contributed by atoms with Gasteiger partial charge in [-0.3, -0.25) is 0 Å². The van der Waals surface area contributed by atoms with Crippen LogP contribution in [-0.4, -0.2) is 53.8 Å². The second-order valence-electron chi connectivity index (χ2n) is 6.92. The normalized spacial score (nSPS) is 19.6. The fraction of sp³-hybridized carbons (Fsp3) is 0.400. The molecule has 1 aromatic carbocycles. The van der Waals surface area contributed by atoms with Gasteiger partial charge in [-0.05, 0) is 26.5 Å². The van der Waals surface area contributed by atoms with E-state index in [-0.39, 0.29) is 12.1 Å². The highest BCUT2D eigenvalue weighted by Gasteiger charge is 2.25. The number of likely N-dealkylation sites (N-methyl/N-ethyl adjacent to an activating group) is 1. The van der Waals surface area contributed by atoms with Gasteiger partial charge in [0.2, 0.25) is 0 Å². The van der Waals surface area contributed by atoms with Gasteiger partial charge in [0.05, 0.1) is 24.1 Å². The lowest BCUT2D eigenvalue weighted by Crippen LogP contribution is -2.47. The molecule has 0 amide bonds. The van der Waals surface area contributed by atoms with Gasteiger partial charge in [0.25, 0.3) is 0 Å². The van der Waals surface area contributed by atoms with Gasteiger partial charge in [-0.1, -0.05) is 30.3 Å². The zero-order chi connectivity index (χ0) is 18.1. The lowest BCUT2D eigenvalue weighted by molar-refractivity contribution is -0.0259. The molecule has 0 saturated carbocycles. The van der Waals surface area contributed by atoms with Crippen LogP contribution in [0.15, 0.2) is 35.7 Å². The number of nitrogens with zero attached hydrogens (tertiary/aromatic N) is 3. The molecule has 1 aliphatic rings. The van der Waals surface area contributed by atoms with Crippen molar-refractivity contribution in [2.45, 2.75) is 26.0 Å². The smallest absolute Gasteiger partial charge is 0.139 e. The Hall–Kier alpha value is -2.02. The molecule has 1 saturated heterocycles. The topological polar surface area (TPSA) is 50.3 Å². The predicted molar refractivity (Wildman–Crippen MR) is 108 cm³/mol. The molecule has 3 heterocycles. The van der Waals surface area contributed by atoms with E-state index in [2.05, 4.69) is 58.8 Å². The number of hydrogen-bond donors (Lipinski definition) is 1. The van der Waals surface area contributed by atoms with Crippen LogP contribution in [0.3, 0.4) is 0 Å². The number of ether oxygens (including phenoxy) is 1. The summed E-state index contributed by atoms with van der Waals surface area (Å²) >= 11 is 1.67. The third-order valence-electron chi connectivity index (χ3n) is 4.85. The Morgan fingerprint density at radius 3 is 2.85 bits per heavy atom. The first-order valence-electron chi connectivity index (χ1n) is 9.00. The highest BCUT2D eigenvalue weighted by atomic mass is 32.1. The molecule has 0 aliphatic carbocycles. The largest absolute Gasteiger partial charge is 0.373 e. The number of hydrogen-bond acceptors (Lipinski definition) is 6. The van der Waals surface area contributed by atoms with Crippen LogP contribution in [0.1, 0.15) is 12.7 Å². The summed E-state index contributed by atoms with van der Waals surface area (Å²) in [6, 6.07) is 10.6. The van der Waals surface area contributed by atoms with Gasteiger partial charge in [0.1, 0.15) is 16.5 Å². The average Bonchev–Trinajstić information content (AvgIpc) is 3.06. The summed E-state index contributed by atoms with van der Waals surface area (Å²) in [5.74, 6) is 1.69. The zero-order valence-electron chi connectivity index (χ0n) is 15.4. The number of aromatic nitrogens is 2. The summed E-state index contributed by atoms with van der Waals surface area (Å²) in [7, 11) is 2.14. The molecule has 2 aromatic heterocycles. The minimum Gasteiger partial charge on any atom is -0.373 e. The molecule has 2 unspecified atom stereocenters. The molecular formula is C20H24N4OS. The summed E-state index contributed by atoms with van der Waals surface area (Å²) in [5.41, 5.74) is 2.37. The lowest BCUT2D eigenvalue weighted by Gasteiger charge is -2.34. The molecule has 1 N–H and O–H groups in total. The van der Waals surface area contributed by atoms with Gasteiger partial charge in [-0.25, -0.2) is 9.97 Å². The van der Waals surface area contributed by atoms with Gasteiger partial charge in [0, 0.05) is 24.0 Å². The van der Waals surface area contributed by atoms with Crippen molar-refractivity contribution < 1.29 is 4.74 Å².